The summed E-state index contributed by atoms with van der Waals surface area (Å²) in [5, 5.41) is 21.3. The number of hydrogen-bond donors (Lipinski definition) is 4. The van der Waals surface area contributed by atoms with E-state index in [2.05, 4.69) is 5.32 Å². The Labute approximate surface area is 169 Å². The van der Waals surface area contributed by atoms with Gasteiger partial charge in [-0.1, -0.05) is 18.2 Å². The smallest absolute Gasteiger partial charge is 0.325 e. The molecule has 0 bridgehead atoms. The molecule has 0 spiro atoms. The fourth-order valence-corrected chi connectivity index (χ4v) is 4.07. The number of phenols is 1. The van der Waals surface area contributed by atoms with Gasteiger partial charge in [-0.2, -0.15) is 0 Å². The van der Waals surface area contributed by atoms with E-state index in [1.807, 2.05) is 26.0 Å². The minimum absolute atomic E-state index is 0.00901. The molecule has 2 aromatic rings. The zero-order chi connectivity index (χ0) is 21.9. The monoisotopic (exact) mass is 419 g/mol. The van der Waals surface area contributed by atoms with Gasteiger partial charge in [0.1, 0.15) is 11.8 Å². The van der Waals surface area contributed by atoms with Crippen LogP contribution >= 0.6 is 7.37 Å². The maximum atomic E-state index is 12.3. The molecular formula is C21H26NO6P. The molecule has 0 aliphatic rings. The van der Waals surface area contributed by atoms with Crippen LogP contribution in [0.5, 0.6) is 5.75 Å². The first-order chi connectivity index (χ1) is 13.4. The fraction of sp³-hybridized carbons (Fsp3) is 0.333. The first-order valence-corrected chi connectivity index (χ1v) is 11.4. The third-order valence-corrected chi connectivity index (χ3v) is 5.59. The Morgan fingerprint density at radius 1 is 1.10 bits per heavy atom. The molecule has 4 N–H and O–H groups in total. The summed E-state index contributed by atoms with van der Waals surface area (Å²) in [6, 6.07) is 7.35. The largest absolute Gasteiger partial charge is 0.507 e. The molecule has 1 amide bonds. The Kier molecular flexibility index (Phi) is 6.88. The first-order valence-electron chi connectivity index (χ1n) is 9.11. The third kappa shape index (κ3) is 6.17. The van der Waals surface area contributed by atoms with E-state index in [0.29, 0.717) is 6.42 Å². The molecule has 0 saturated carbocycles. The van der Waals surface area contributed by atoms with Crippen LogP contribution < -0.4 is 5.32 Å². The highest BCUT2D eigenvalue weighted by Gasteiger charge is 2.19. The number of carbonyl (C=O) groups excluding carboxylic acids is 1. The van der Waals surface area contributed by atoms with Crippen LogP contribution in [0.1, 0.15) is 45.1 Å². The standard InChI is InChI=1S/C21H26NO6P/c1-12-7-16(11-29(4,27)28)8-13(2)17(12)9-15-5-6-19(23)18(10-15)20(24)22-14(3)21(25)26/h5-8,10,14,23H,9,11H2,1-4H3,(H,22,24)(H,25,26)(H,27,28). The normalized spacial score (nSPS) is 14.1. The highest BCUT2D eigenvalue weighted by Crippen LogP contribution is 2.40. The molecule has 2 atom stereocenters. The van der Waals surface area contributed by atoms with E-state index in [9.17, 15) is 24.2 Å². The molecule has 29 heavy (non-hydrogen) atoms. The Morgan fingerprint density at radius 3 is 2.21 bits per heavy atom. The Morgan fingerprint density at radius 2 is 1.69 bits per heavy atom. The van der Waals surface area contributed by atoms with Gasteiger partial charge in [-0.3, -0.25) is 14.2 Å². The molecule has 2 rings (SSSR count). The minimum Gasteiger partial charge on any atom is -0.507 e. The summed E-state index contributed by atoms with van der Waals surface area (Å²) in [6.07, 6.45) is 0.607. The molecule has 0 fully saturated rings. The summed E-state index contributed by atoms with van der Waals surface area (Å²) in [4.78, 5) is 32.9. The molecule has 0 aromatic heterocycles. The van der Waals surface area contributed by atoms with Gasteiger partial charge in [-0.25, -0.2) is 0 Å². The molecule has 0 saturated heterocycles. The summed E-state index contributed by atoms with van der Waals surface area (Å²) in [6.45, 7) is 6.52. The van der Waals surface area contributed by atoms with Crippen molar-refractivity contribution in [2.45, 2.75) is 39.4 Å². The van der Waals surface area contributed by atoms with E-state index >= 15 is 0 Å². The van der Waals surface area contributed by atoms with E-state index in [0.717, 1.165) is 27.8 Å². The van der Waals surface area contributed by atoms with Crippen molar-refractivity contribution in [3.05, 3.63) is 63.7 Å². The van der Waals surface area contributed by atoms with Crippen molar-refractivity contribution in [1.82, 2.24) is 5.32 Å². The lowest BCUT2D eigenvalue weighted by Gasteiger charge is -2.15. The molecule has 0 heterocycles. The SMILES string of the molecule is Cc1cc(CP(C)(=O)O)cc(C)c1Cc1ccc(O)c(C(=O)NC(C)C(=O)O)c1. The number of carboxylic acid groups (broad SMARTS) is 1. The topological polar surface area (TPSA) is 124 Å². The number of phenolic OH excluding ortho intramolecular Hbond substituents is 1. The van der Waals surface area contributed by atoms with Crippen molar-refractivity contribution in [3.8, 4) is 5.75 Å². The van der Waals surface area contributed by atoms with Gasteiger partial charge in [0.15, 0.2) is 0 Å². The highest BCUT2D eigenvalue weighted by atomic mass is 31.2. The van der Waals surface area contributed by atoms with Gasteiger partial charge in [0, 0.05) is 12.8 Å². The summed E-state index contributed by atoms with van der Waals surface area (Å²) in [5.74, 6) is -2.06. The van der Waals surface area contributed by atoms with Crippen LogP contribution in [-0.4, -0.2) is 39.7 Å². The van der Waals surface area contributed by atoms with Crippen LogP contribution in [0, 0.1) is 13.8 Å². The quantitative estimate of drug-likeness (QED) is 0.511. The number of carbonyl (C=O) groups is 2. The van der Waals surface area contributed by atoms with Crippen molar-refractivity contribution in [2.75, 3.05) is 6.66 Å². The first kappa shape index (κ1) is 22.7. The van der Waals surface area contributed by atoms with Gasteiger partial charge >= 0.3 is 5.97 Å². The van der Waals surface area contributed by atoms with Crippen LogP contribution in [0.25, 0.3) is 0 Å². The number of carboxylic acids is 1. The molecule has 0 radical (unpaired) electrons. The number of amides is 1. The highest BCUT2D eigenvalue weighted by molar-refractivity contribution is 7.56. The third-order valence-electron chi connectivity index (χ3n) is 4.64. The number of aliphatic carboxylic acids is 1. The number of aryl methyl sites for hydroxylation is 2. The van der Waals surface area contributed by atoms with Gasteiger partial charge in [-0.15, -0.1) is 0 Å². The van der Waals surface area contributed by atoms with Gasteiger partial charge in [-0.05, 0) is 67.1 Å². The lowest BCUT2D eigenvalue weighted by Crippen LogP contribution is -2.38. The molecule has 8 heteroatoms. The van der Waals surface area contributed by atoms with E-state index in [1.165, 1.54) is 19.7 Å². The van der Waals surface area contributed by atoms with Crippen molar-refractivity contribution in [1.29, 1.82) is 0 Å². The summed E-state index contributed by atoms with van der Waals surface area (Å²) < 4.78 is 11.7. The molecule has 7 nitrogen and oxygen atoms in total. The number of rotatable bonds is 7. The number of aromatic hydroxyl groups is 1. The van der Waals surface area contributed by atoms with Gasteiger partial charge in [0.05, 0.1) is 5.56 Å². The van der Waals surface area contributed by atoms with Gasteiger partial charge < -0.3 is 20.4 Å². The summed E-state index contributed by atoms with van der Waals surface area (Å²) in [5.41, 5.74) is 4.53. The predicted octanol–water partition coefficient (Wildman–Crippen LogP) is 3.20. The zero-order valence-corrected chi connectivity index (χ0v) is 17.8. The maximum absolute atomic E-state index is 12.3. The van der Waals surface area contributed by atoms with Crippen molar-refractivity contribution in [2.24, 2.45) is 0 Å². The molecule has 156 valence electrons. The molecule has 0 aliphatic heterocycles. The minimum atomic E-state index is -3.17. The zero-order valence-electron chi connectivity index (χ0n) is 16.9. The molecule has 2 aromatic carbocycles. The van der Waals surface area contributed by atoms with Crippen LogP contribution in [0.2, 0.25) is 0 Å². The summed E-state index contributed by atoms with van der Waals surface area (Å²) >= 11 is 0. The molecule has 0 aliphatic carbocycles. The van der Waals surface area contributed by atoms with Crippen molar-refractivity contribution in [3.63, 3.8) is 0 Å². The van der Waals surface area contributed by atoms with E-state index < -0.39 is 25.3 Å². The van der Waals surface area contributed by atoms with E-state index in [1.54, 1.807) is 12.1 Å². The Bertz CT molecular complexity index is 972. The fourth-order valence-electron chi connectivity index (χ4n) is 3.21. The second-order valence-corrected chi connectivity index (χ2v) is 9.90. The van der Waals surface area contributed by atoms with Crippen LogP contribution in [-0.2, 0) is 21.9 Å². The second kappa shape index (κ2) is 8.80. The maximum Gasteiger partial charge on any atom is 0.325 e. The Balaban J connectivity index is 2.30. The lowest BCUT2D eigenvalue weighted by atomic mass is 9.93. The molecule has 2 unspecified atom stereocenters. The average molecular weight is 419 g/mol. The number of nitrogens with one attached hydrogen (secondary N) is 1. The van der Waals surface area contributed by atoms with Crippen molar-refractivity contribution < 1.29 is 29.3 Å². The molecular weight excluding hydrogens is 393 g/mol. The lowest BCUT2D eigenvalue weighted by molar-refractivity contribution is -0.138. The number of benzene rings is 2. The van der Waals surface area contributed by atoms with Crippen molar-refractivity contribution >= 4 is 19.2 Å². The van der Waals surface area contributed by atoms with E-state index in [-0.39, 0.29) is 17.5 Å². The Hall–Kier alpha value is -2.63. The van der Waals surface area contributed by atoms with Crippen LogP contribution in [0.4, 0.5) is 0 Å². The number of hydrogen-bond acceptors (Lipinski definition) is 4. The van der Waals surface area contributed by atoms with Crippen LogP contribution in [0.3, 0.4) is 0 Å². The van der Waals surface area contributed by atoms with Crippen LogP contribution in [0.15, 0.2) is 30.3 Å². The van der Waals surface area contributed by atoms with E-state index in [4.69, 9.17) is 5.11 Å². The predicted molar refractivity (Wildman–Crippen MR) is 111 cm³/mol. The van der Waals surface area contributed by atoms with Gasteiger partial charge in [0.25, 0.3) is 5.91 Å². The average Bonchev–Trinajstić information content (AvgIpc) is 2.57. The van der Waals surface area contributed by atoms with Gasteiger partial charge in [0.2, 0.25) is 7.37 Å². The summed E-state index contributed by atoms with van der Waals surface area (Å²) in [7, 11) is -3.17. The second-order valence-electron chi connectivity index (χ2n) is 7.48.